The summed E-state index contributed by atoms with van der Waals surface area (Å²) in [5, 5.41) is 5.59. The third-order valence-electron chi connectivity index (χ3n) is 2.82. The molecule has 1 aromatic carbocycles. The van der Waals surface area contributed by atoms with Gasteiger partial charge in [0, 0.05) is 31.1 Å². The lowest BCUT2D eigenvalue weighted by Gasteiger charge is -2.08. The highest BCUT2D eigenvalue weighted by atomic mass is 35.5. The fraction of sp³-hybridized carbons (Fsp3) is 0.467. The van der Waals surface area contributed by atoms with Gasteiger partial charge in [0.1, 0.15) is 0 Å². The van der Waals surface area contributed by atoms with E-state index in [1.54, 1.807) is 12.1 Å². The molecule has 118 valence electrons. The second kappa shape index (κ2) is 11.1. The molecule has 0 aliphatic rings. The minimum absolute atomic E-state index is 0. The highest BCUT2D eigenvalue weighted by Gasteiger charge is 2.05. The molecule has 1 atom stereocenters. The Hall–Kier alpha value is -1.59. The minimum Gasteiger partial charge on any atom is -0.356 e. The first-order chi connectivity index (χ1) is 9.59. The minimum atomic E-state index is -0.108. The number of carbonyl (C=O) groups excluding carboxylic acids is 2. The van der Waals surface area contributed by atoms with Gasteiger partial charge >= 0.3 is 0 Å². The van der Waals surface area contributed by atoms with Gasteiger partial charge < -0.3 is 16.4 Å². The largest absolute Gasteiger partial charge is 0.356 e. The topological polar surface area (TPSA) is 84.2 Å². The smallest absolute Gasteiger partial charge is 0.251 e. The number of carbonyl (C=O) groups is 2. The number of rotatable bonds is 8. The van der Waals surface area contributed by atoms with Crippen LogP contribution in [0.2, 0.25) is 0 Å². The van der Waals surface area contributed by atoms with E-state index in [-0.39, 0.29) is 30.3 Å². The van der Waals surface area contributed by atoms with E-state index in [2.05, 4.69) is 10.6 Å². The molecule has 1 aromatic rings. The summed E-state index contributed by atoms with van der Waals surface area (Å²) in [6.07, 6.45) is 1.81. The van der Waals surface area contributed by atoms with Gasteiger partial charge in [-0.1, -0.05) is 18.2 Å². The van der Waals surface area contributed by atoms with Gasteiger partial charge in [-0.25, -0.2) is 0 Å². The van der Waals surface area contributed by atoms with Gasteiger partial charge in [0.2, 0.25) is 5.91 Å². The highest BCUT2D eigenvalue weighted by Crippen LogP contribution is 1.98. The van der Waals surface area contributed by atoms with Gasteiger partial charge in [0.15, 0.2) is 0 Å². The molecular weight excluding hydrogens is 290 g/mol. The van der Waals surface area contributed by atoms with E-state index in [1.165, 1.54) is 0 Å². The van der Waals surface area contributed by atoms with E-state index >= 15 is 0 Å². The van der Waals surface area contributed by atoms with Crippen LogP contribution in [-0.2, 0) is 4.79 Å². The fourth-order valence-corrected chi connectivity index (χ4v) is 1.67. The van der Waals surface area contributed by atoms with E-state index in [9.17, 15) is 9.59 Å². The van der Waals surface area contributed by atoms with E-state index < -0.39 is 0 Å². The molecule has 21 heavy (non-hydrogen) atoms. The first-order valence-corrected chi connectivity index (χ1v) is 6.95. The van der Waals surface area contributed by atoms with Gasteiger partial charge in [-0.3, -0.25) is 9.59 Å². The van der Waals surface area contributed by atoms with Crippen molar-refractivity contribution in [2.24, 2.45) is 5.73 Å². The highest BCUT2D eigenvalue weighted by molar-refractivity contribution is 5.94. The maximum atomic E-state index is 11.7. The summed E-state index contributed by atoms with van der Waals surface area (Å²) in [5.41, 5.74) is 6.22. The maximum absolute atomic E-state index is 11.7. The molecule has 0 aliphatic carbocycles. The van der Waals surface area contributed by atoms with Gasteiger partial charge in [-0.2, -0.15) is 0 Å². The van der Waals surface area contributed by atoms with Crippen molar-refractivity contribution in [2.45, 2.75) is 32.2 Å². The maximum Gasteiger partial charge on any atom is 0.251 e. The Kier molecular flexibility index (Phi) is 10.3. The van der Waals surface area contributed by atoms with Crippen molar-refractivity contribution in [1.82, 2.24) is 10.6 Å². The second-order valence-corrected chi connectivity index (χ2v) is 4.84. The Bertz CT molecular complexity index is 424. The molecule has 0 aromatic heterocycles. The van der Waals surface area contributed by atoms with Crippen LogP contribution in [0.15, 0.2) is 30.3 Å². The van der Waals surface area contributed by atoms with Gasteiger partial charge in [0.25, 0.3) is 5.91 Å². The zero-order chi connectivity index (χ0) is 14.8. The van der Waals surface area contributed by atoms with E-state index in [0.717, 1.165) is 6.42 Å². The van der Waals surface area contributed by atoms with Crippen molar-refractivity contribution in [3.8, 4) is 0 Å². The third kappa shape index (κ3) is 9.05. The fourth-order valence-electron chi connectivity index (χ4n) is 1.67. The van der Waals surface area contributed by atoms with Crippen molar-refractivity contribution in [1.29, 1.82) is 0 Å². The van der Waals surface area contributed by atoms with Crippen LogP contribution < -0.4 is 16.4 Å². The lowest BCUT2D eigenvalue weighted by molar-refractivity contribution is -0.121. The molecular formula is C15H24ClN3O2. The molecule has 4 N–H and O–H groups in total. The molecule has 0 radical (unpaired) electrons. The van der Waals surface area contributed by atoms with Crippen molar-refractivity contribution >= 4 is 24.2 Å². The average Bonchev–Trinajstić information content (AvgIpc) is 2.44. The van der Waals surface area contributed by atoms with Gasteiger partial charge in [-0.05, 0) is 31.9 Å². The predicted octanol–water partition coefficient (Wildman–Crippen LogP) is 1.47. The number of nitrogens with one attached hydrogen (secondary N) is 2. The van der Waals surface area contributed by atoms with Crippen molar-refractivity contribution < 1.29 is 9.59 Å². The molecule has 0 heterocycles. The average molecular weight is 314 g/mol. The van der Waals surface area contributed by atoms with Gasteiger partial charge in [-0.15, -0.1) is 12.4 Å². The zero-order valence-corrected chi connectivity index (χ0v) is 13.1. The van der Waals surface area contributed by atoms with Crippen LogP contribution in [0.3, 0.4) is 0 Å². The molecule has 0 saturated carbocycles. The summed E-state index contributed by atoms with van der Waals surface area (Å²) >= 11 is 0. The van der Waals surface area contributed by atoms with Gasteiger partial charge in [0.05, 0.1) is 0 Å². The summed E-state index contributed by atoms with van der Waals surface area (Å²) in [6.45, 7) is 3.01. The Morgan fingerprint density at radius 2 is 1.81 bits per heavy atom. The standard InChI is InChI=1S/C15H23N3O2.ClH/c1-12(16)9-11-17-14(19)8-5-10-18-15(20)13-6-3-2-4-7-13;/h2-4,6-7,12H,5,8-11,16H2,1H3,(H,17,19)(H,18,20);1H. The van der Waals surface area contributed by atoms with E-state index in [4.69, 9.17) is 5.73 Å². The Balaban J connectivity index is 0.00000400. The van der Waals surface area contributed by atoms with Crippen molar-refractivity contribution in [3.63, 3.8) is 0 Å². The van der Waals surface area contributed by atoms with Crippen LogP contribution >= 0.6 is 12.4 Å². The predicted molar refractivity (Wildman–Crippen MR) is 86.5 cm³/mol. The normalized spacial score (nSPS) is 11.1. The lowest BCUT2D eigenvalue weighted by atomic mass is 10.2. The van der Waals surface area contributed by atoms with Crippen molar-refractivity contribution in [3.05, 3.63) is 35.9 Å². The molecule has 0 fully saturated rings. The van der Waals surface area contributed by atoms with Crippen LogP contribution in [0.5, 0.6) is 0 Å². The summed E-state index contributed by atoms with van der Waals surface area (Å²) in [6, 6.07) is 9.12. The SMILES string of the molecule is CC(N)CCNC(=O)CCCNC(=O)c1ccccc1.Cl. The van der Waals surface area contributed by atoms with Crippen LogP contribution in [0.25, 0.3) is 0 Å². The molecule has 1 rings (SSSR count). The number of hydrogen-bond donors (Lipinski definition) is 3. The zero-order valence-electron chi connectivity index (χ0n) is 12.3. The number of nitrogens with two attached hydrogens (primary N) is 1. The lowest BCUT2D eigenvalue weighted by Crippen LogP contribution is -2.30. The van der Waals surface area contributed by atoms with Crippen LogP contribution in [0.1, 0.15) is 36.5 Å². The molecule has 0 saturated heterocycles. The number of halogens is 1. The Morgan fingerprint density at radius 1 is 1.14 bits per heavy atom. The Labute approximate surface area is 132 Å². The summed E-state index contributed by atoms with van der Waals surface area (Å²) in [4.78, 5) is 23.2. The van der Waals surface area contributed by atoms with Crippen molar-refractivity contribution in [2.75, 3.05) is 13.1 Å². The summed E-state index contributed by atoms with van der Waals surface area (Å²) < 4.78 is 0. The number of benzene rings is 1. The van der Waals surface area contributed by atoms with E-state index in [0.29, 0.717) is 31.5 Å². The molecule has 0 bridgehead atoms. The first-order valence-electron chi connectivity index (χ1n) is 6.95. The molecule has 1 unspecified atom stereocenters. The third-order valence-corrected chi connectivity index (χ3v) is 2.82. The Morgan fingerprint density at radius 3 is 2.43 bits per heavy atom. The quantitative estimate of drug-likeness (QED) is 0.635. The van der Waals surface area contributed by atoms with Crippen LogP contribution in [0, 0.1) is 0 Å². The number of hydrogen-bond acceptors (Lipinski definition) is 3. The van der Waals surface area contributed by atoms with Crippen LogP contribution in [0.4, 0.5) is 0 Å². The number of amides is 2. The molecule has 2 amide bonds. The first kappa shape index (κ1) is 19.4. The monoisotopic (exact) mass is 313 g/mol. The van der Waals surface area contributed by atoms with E-state index in [1.807, 2.05) is 25.1 Å². The molecule has 0 spiro atoms. The second-order valence-electron chi connectivity index (χ2n) is 4.84. The summed E-state index contributed by atoms with van der Waals surface area (Å²) in [5.74, 6) is -0.109. The molecule has 0 aliphatic heterocycles. The summed E-state index contributed by atoms with van der Waals surface area (Å²) in [7, 11) is 0. The molecule has 5 nitrogen and oxygen atoms in total. The molecule has 6 heteroatoms. The van der Waals surface area contributed by atoms with Crippen LogP contribution in [-0.4, -0.2) is 30.9 Å².